The maximum atomic E-state index is 12.9. The summed E-state index contributed by atoms with van der Waals surface area (Å²) in [6, 6.07) is 12.8. The van der Waals surface area contributed by atoms with E-state index in [1.54, 1.807) is 38.3 Å². The monoisotopic (exact) mass is 383 g/mol. The fourth-order valence-electron chi connectivity index (χ4n) is 2.50. The molecule has 0 heterocycles. The van der Waals surface area contributed by atoms with Crippen LogP contribution in [0.4, 0.5) is 4.39 Å². The quantitative estimate of drug-likeness (QED) is 0.540. The summed E-state index contributed by atoms with van der Waals surface area (Å²) in [7, 11) is 3.08. The van der Waals surface area contributed by atoms with Crippen molar-refractivity contribution in [2.75, 3.05) is 14.2 Å². The Morgan fingerprint density at radius 3 is 2.46 bits per heavy atom. The highest BCUT2D eigenvalue weighted by molar-refractivity contribution is 5.97. The smallest absolute Gasteiger partial charge is 0.263 e. The van der Waals surface area contributed by atoms with E-state index in [2.05, 4.69) is 10.6 Å². The lowest BCUT2D eigenvalue weighted by molar-refractivity contribution is -0.117. The minimum atomic E-state index is -0.503. The number of carbonyl (C=O) groups is 1. The van der Waals surface area contributed by atoms with Gasteiger partial charge in [0.05, 0.1) is 20.3 Å². The highest BCUT2D eigenvalue weighted by atomic mass is 19.1. The number of benzene rings is 2. The number of methoxy groups -OCH3 is 2. The van der Waals surface area contributed by atoms with Crippen LogP contribution in [0.25, 0.3) is 0 Å². The van der Waals surface area contributed by atoms with Crippen LogP contribution in [0, 0.1) is 17.1 Å². The summed E-state index contributed by atoms with van der Waals surface area (Å²) < 4.78 is 23.4. The maximum Gasteiger partial charge on any atom is 0.263 e. The van der Waals surface area contributed by atoms with E-state index in [0.29, 0.717) is 18.0 Å². The minimum Gasteiger partial charge on any atom is -0.493 e. The van der Waals surface area contributed by atoms with Gasteiger partial charge in [-0.05, 0) is 42.3 Å². The van der Waals surface area contributed by atoms with Crippen molar-refractivity contribution < 1.29 is 18.7 Å². The first-order valence-corrected chi connectivity index (χ1v) is 8.59. The van der Waals surface area contributed by atoms with Gasteiger partial charge in [0.15, 0.2) is 11.5 Å². The predicted molar refractivity (Wildman–Crippen MR) is 103 cm³/mol. The Hall–Kier alpha value is -3.53. The number of halogens is 1. The molecule has 0 spiro atoms. The molecular weight excluding hydrogens is 361 g/mol. The molecule has 0 bridgehead atoms. The molecule has 7 heteroatoms. The van der Waals surface area contributed by atoms with Crippen LogP contribution in [0.3, 0.4) is 0 Å². The Bertz CT molecular complexity index is 889. The SMILES string of the molecule is COc1ccc(C(C)NC(=O)/C(C#N)=C\NCc2ccc(F)cc2)cc1OC. The highest BCUT2D eigenvalue weighted by Crippen LogP contribution is 2.29. The standard InChI is InChI=1S/C21H22FN3O3/c1-14(16-6-9-19(27-2)20(10-16)28-3)25-21(26)17(11-23)13-24-12-15-4-7-18(22)8-5-15/h4-10,13-14,24H,12H2,1-3H3,(H,25,26)/b17-13-. The predicted octanol–water partition coefficient (Wildman–Crippen LogP) is 3.22. The van der Waals surface area contributed by atoms with Gasteiger partial charge in [0.25, 0.3) is 5.91 Å². The third kappa shape index (κ3) is 5.48. The molecule has 0 aromatic heterocycles. The second-order valence-corrected chi connectivity index (χ2v) is 5.99. The zero-order valence-electron chi connectivity index (χ0n) is 16.0. The van der Waals surface area contributed by atoms with E-state index in [1.165, 1.54) is 25.4 Å². The number of nitriles is 1. The zero-order chi connectivity index (χ0) is 20.5. The van der Waals surface area contributed by atoms with Crippen LogP contribution in [-0.4, -0.2) is 20.1 Å². The van der Waals surface area contributed by atoms with Gasteiger partial charge >= 0.3 is 0 Å². The van der Waals surface area contributed by atoms with Crippen molar-refractivity contribution in [2.45, 2.75) is 19.5 Å². The summed E-state index contributed by atoms with van der Waals surface area (Å²) in [6.07, 6.45) is 1.35. The highest BCUT2D eigenvalue weighted by Gasteiger charge is 2.15. The Kier molecular flexibility index (Phi) is 7.40. The number of hydrogen-bond donors (Lipinski definition) is 2. The van der Waals surface area contributed by atoms with Gasteiger partial charge in [-0.3, -0.25) is 4.79 Å². The summed E-state index contributed by atoms with van der Waals surface area (Å²) in [4.78, 5) is 12.4. The maximum absolute atomic E-state index is 12.9. The van der Waals surface area contributed by atoms with Gasteiger partial charge in [-0.15, -0.1) is 0 Å². The molecule has 0 aliphatic heterocycles. The van der Waals surface area contributed by atoms with Crippen molar-refractivity contribution in [2.24, 2.45) is 0 Å². The molecule has 6 nitrogen and oxygen atoms in total. The van der Waals surface area contributed by atoms with E-state index in [0.717, 1.165) is 11.1 Å². The largest absolute Gasteiger partial charge is 0.493 e. The second kappa shape index (κ2) is 9.97. The zero-order valence-corrected chi connectivity index (χ0v) is 16.0. The topological polar surface area (TPSA) is 83.4 Å². The summed E-state index contributed by atoms with van der Waals surface area (Å²) >= 11 is 0. The van der Waals surface area contributed by atoms with Gasteiger partial charge in [-0.2, -0.15) is 5.26 Å². The van der Waals surface area contributed by atoms with E-state index in [1.807, 2.05) is 12.1 Å². The second-order valence-electron chi connectivity index (χ2n) is 5.99. The van der Waals surface area contributed by atoms with Gasteiger partial charge in [0, 0.05) is 12.7 Å². The molecule has 28 heavy (non-hydrogen) atoms. The van der Waals surface area contributed by atoms with Crippen LogP contribution in [0.1, 0.15) is 24.1 Å². The van der Waals surface area contributed by atoms with Gasteiger partial charge in [0.2, 0.25) is 0 Å². The Morgan fingerprint density at radius 2 is 1.86 bits per heavy atom. The molecule has 1 unspecified atom stereocenters. The van der Waals surface area contributed by atoms with Crippen molar-refractivity contribution in [1.82, 2.24) is 10.6 Å². The molecule has 2 aromatic carbocycles. The third-order valence-electron chi connectivity index (χ3n) is 4.09. The third-order valence-corrected chi connectivity index (χ3v) is 4.09. The van der Waals surface area contributed by atoms with Crippen molar-refractivity contribution in [3.05, 3.63) is 71.2 Å². The van der Waals surface area contributed by atoms with Gasteiger partial charge < -0.3 is 20.1 Å². The Labute approximate surface area is 163 Å². The van der Waals surface area contributed by atoms with Gasteiger partial charge in [-0.25, -0.2) is 4.39 Å². The van der Waals surface area contributed by atoms with Crippen molar-refractivity contribution in [3.8, 4) is 17.6 Å². The van der Waals surface area contributed by atoms with E-state index in [9.17, 15) is 14.4 Å². The summed E-state index contributed by atoms with van der Waals surface area (Å²) in [5.74, 6) is 0.322. The summed E-state index contributed by atoms with van der Waals surface area (Å²) in [6.45, 7) is 2.17. The van der Waals surface area contributed by atoms with Crippen LogP contribution in [0.2, 0.25) is 0 Å². The first-order chi connectivity index (χ1) is 13.5. The summed E-state index contributed by atoms with van der Waals surface area (Å²) in [5, 5.41) is 14.9. The first kappa shape index (κ1) is 20.8. The fraction of sp³-hybridized carbons (Fsp3) is 0.238. The molecule has 0 aliphatic carbocycles. The van der Waals surface area contributed by atoms with Gasteiger partial charge in [-0.1, -0.05) is 18.2 Å². The van der Waals surface area contributed by atoms with Crippen LogP contribution in [-0.2, 0) is 11.3 Å². The molecule has 0 aliphatic rings. The number of nitrogens with zero attached hydrogens (tertiary/aromatic N) is 1. The van der Waals surface area contributed by atoms with Crippen LogP contribution in [0.5, 0.6) is 11.5 Å². The number of amides is 1. The average Bonchev–Trinajstić information content (AvgIpc) is 2.71. The molecule has 0 fully saturated rings. The lowest BCUT2D eigenvalue weighted by atomic mass is 10.1. The number of carbonyl (C=O) groups excluding carboxylic acids is 1. The van der Waals surface area contributed by atoms with Crippen LogP contribution >= 0.6 is 0 Å². The lowest BCUT2D eigenvalue weighted by Crippen LogP contribution is -2.28. The molecule has 1 amide bonds. The molecule has 0 radical (unpaired) electrons. The van der Waals surface area contributed by atoms with Crippen molar-refractivity contribution >= 4 is 5.91 Å². The normalized spacial score (nSPS) is 11.9. The summed E-state index contributed by atoms with van der Waals surface area (Å²) in [5.41, 5.74) is 1.58. The van der Waals surface area contributed by atoms with E-state index >= 15 is 0 Å². The van der Waals surface area contributed by atoms with E-state index in [-0.39, 0.29) is 17.4 Å². The molecule has 2 rings (SSSR count). The van der Waals surface area contributed by atoms with Crippen LogP contribution < -0.4 is 20.1 Å². The first-order valence-electron chi connectivity index (χ1n) is 8.59. The molecular formula is C21H22FN3O3. The fourth-order valence-corrected chi connectivity index (χ4v) is 2.50. The number of nitrogens with one attached hydrogen (secondary N) is 2. The molecule has 1 atom stereocenters. The van der Waals surface area contributed by atoms with Crippen molar-refractivity contribution in [1.29, 1.82) is 5.26 Å². The van der Waals surface area contributed by atoms with E-state index < -0.39 is 5.91 Å². The Morgan fingerprint density at radius 1 is 1.18 bits per heavy atom. The van der Waals surface area contributed by atoms with E-state index in [4.69, 9.17) is 9.47 Å². The molecule has 2 N–H and O–H groups in total. The molecule has 0 saturated carbocycles. The number of rotatable bonds is 8. The average molecular weight is 383 g/mol. The van der Waals surface area contributed by atoms with Crippen LogP contribution in [0.15, 0.2) is 54.2 Å². The number of ether oxygens (including phenoxy) is 2. The molecule has 146 valence electrons. The lowest BCUT2D eigenvalue weighted by Gasteiger charge is -2.16. The Balaban J connectivity index is 2.00. The molecule has 2 aromatic rings. The minimum absolute atomic E-state index is 0.0607. The molecule has 0 saturated heterocycles. The number of hydrogen-bond acceptors (Lipinski definition) is 5. The van der Waals surface area contributed by atoms with Crippen molar-refractivity contribution in [3.63, 3.8) is 0 Å². The van der Waals surface area contributed by atoms with Gasteiger partial charge in [0.1, 0.15) is 17.5 Å².